The van der Waals surface area contributed by atoms with E-state index in [1.165, 1.54) is 6.07 Å². The lowest BCUT2D eigenvalue weighted by Crippen LogP contribution is -2.62. The number of anilines is 1. The molecule has 0 radical (unpaired) electrons. The highest BCUT2D eigenvalue weighted by Crippen LogP contribution is 2.35. The van der Waals surface area contributed by atoms with Crippen molar-refractivity contribution in [3.05, 3.63) is 29.6 Å². The van der Waals surface area contributed by atoms with E-state index in [0.29, 0.717) is 18.8 Å². The fraction of sp³-hybridized carbons (Fsp3) is 0.562. The zero-order valence-corrected chi connectivity index (χ0v) is 13.4. The van der Waals surface area contributed by atoms with Crippen LogP contribution >= 0.6 is 0 Å². The summed E-state index contributed by atoms with van der Waals surface area (Å²) in [5.74, 6) is -0.264. The van der Waals surface area contributed by atoms with Gasteiger partial charge in [0.2, 0.25) is 5.91 Å². The molecule has 1 aliphatic heterocycles. The number of benzene rings is 1. The van der Waals surface area contributed by atoms with Crippen LogP contribution in [0.3, 0.4) is 0 Å². The van der Waals surface area contributed by atoms with E-state index in [2.05, 4.69) is 5.32 Å². The Bertz CT molecular complexity index is 544. The summed E-state index contributed by atoms with van der Waals surface area (Å²) >= 11 is 0. The van der Waals surface area contributed by atoms with E-state index in [1.807, 2.05) is 38.8 Å². The molecule has 21 heavy (non-hydrogen) atoms. The minimum absolute atomic E-state index is 0.0139. The highest BCUT2D eigenvalue weighted by atomic mass is 19.1. The molecule has 0 spiro atoms. The van der Waals surface area contributed by atoms with Crippen LogP contribution in [0.15, 0.2) is 18.2 Å². The van der Waals surface area contributed by atoms with Crippen molar-refractivity contribution >= 4 is 11.6 Å². The Kier molecular flexibility index (Phi) is 4.23. The Morgan fingerprint density at radius 3 is 2.62 bits per heavy atom. The molecule has 0 aromatic heterocycles. The summed E-state index contributed by atoms with van der Waals surface area (Å²) < 4.78 is 14.5. The Labute approximate surface area is 125 Å². The maximum atomic E-state index is 14.5. The second-order valence-corrected chi connectivity index (χ2v) is 6.13. The number of halogens is 1. The van der Waals surface area contributed by atoms with Crippen LogP contribution < -0.4 is 10.2 Å². The Balaban J connectivity index is 2.53. The number of piperazine rings is 1. The van der Waals surface area contributed by atoms with Gasteiger partial charge in [0.1, 0.15) is 11.4 Å². The van der Waals surface area contributed by atoms with Gasteiger partial charge < -0.3 is 15.1 Å². The molecule has 0 aliphatic carbocycles. The predicted octanol–water partition coefficient (Wildman–Crippen LogP) is 2.16. The smallest absolute Gasteiger partial charge is 0.247 e. The topological polar surface area (TPSA) is 35.6 Å². The predicted molar refractivity (Wildman–Crippen MR) is 82.9 cm³/mol. The normalized spacial score (nSPS) is 19.8. The van der Waals surface area contributed by atoms with Crippen LogP contribution in [0.25, 0.3) is 0 Å². The Hall–Kier alpha value is -1.62. The van der Waals surface area contributed by atoms with E-state index in [-0.39, 0.29) is 17.8 Å². The van der Waals surface area contributed by atoms with Gasteiger partial charge in [-0.15, -0.1) is 0 Å². The molecule has 0 saturated carbocycles. The number of hydrogen-bond acceptors (Lipinski definition) is 3. The van der Waals surface area contributed by atoms with Crippen LogP contribution in [-0.4, -0.2) is 43.5 Å². The third-order valence-electron chi connectivity index (χ3n) is 4.39. The summed E-state index contributed by atoms with van der Waals surface area (Å²) in [4.78, 5) is 16.0. The third kappa shape index (κ3) is 2.62. The molecule has 116 valence electrons. The zero-order valence-electron chi connectivity index (χ0n) is 13.4. The molecule has 4 nitrogen and oxygen atoms in total. The van der Waals surface area contributed by atoms with Gasteiger partial charge in [-0.2, -0.15) is 0 Å². The van der Waals surface area contributed by atoms with Crippen molar-refractivity contribution in [1.29, 1.82) is 0 Å². The van der Waals surface area contributed by atoms with Crippen molar-refractivity contribution < 1.29 is 9.18 Å². The lowest BCUT2D eigenvalue weighted by molar-refractivity contribution is -0.136. The van der Waals surface area contributed by atoms with E-state index in [0.717, 1.165) is 5.56 Å². The van der Waals surface area contributed by atoms with Gasteiger partial charge in [0.25, 0.3) is 0 Å². The van der Waals surface area contributed by atoms with Crippen molar-refractivity contribution in [2.45, 2.75) is 32.4 Å². The van der Waals surface area contributed by atoms with Gasteiger partial charge in [-0.3, -0.25) is 4.79 Å². The van der Waals surface area contributed by atoms with E-state index in [4.69, 9.17) is 0 Å². The first-order valence-electron chi connectivity index (χ1n) is 7.29. The van der Waals surface area contributed by atoms with E-state index in [9.17, 15) is 9.18 Å². The van der Waals surface area contributed by atoms with Gasteiger partial charge in [-0.25, -0.2) is 4.39 Å². The average Bonchev–Trinajstić information content (AvgIpc) is 2.45. The second kappa shape index (κ2) is 5.64. The number of amides is 1. The number of para-hydroxylation sites is 1. The average molecular weight is 293 g/mol. The van der Waals surface area contributed by atoms with Crippen molar-refractivity contribution in [2.75, 3.05) is 32.1 Å². The van der Waals surface area contributed by atoms with Crippen LogP contribution in [0, 0.1) is 5.82 Å². The first kappa shape index (κ1) is 15.8. The summed E-state index contributed by atoms with van der Waals surface area (Å²) in [7, 11) is 3.64. The Morgan fingerprint density at radius 2 is 2.00 bits per heavy atom. The summed E-state index contributed by atoms with van der Waals surface area (Å²) in [6.45, 7) is 6.92. The number of nitrogens with one attached hydrogen (secondary N) is 1. The van der Waals surface area contributed by atoms with Crippen molar-refractivity contribution in [3.63, 3.8) is 0 Å². The number of likely N-dealkylation sites (N-methyl/N-ethyl adjacent to an activating group) is 1. The van der Waals surface area contributed by atoms with Gasteiger partial charge >= 0.3 is 0 Å². The first-order chi connectivity index (χ1) is 9.80. The molecule has 1 amide bonds. The molecule has 1 aromatic rings. The van der Waals surface area contributed by atoms with Crippen LogP contribution in [-0.2, 0) is 4.79 Å². The lowest BCUT2D eigenvalue weighted by atomic mass is 9.94. The zero-order chi connectivity index (χ0) is 15.8. The molecular formula is C16H24FN3O. The van der Waals surface area contributed by atoms with Gasteiger partial charge in [0.05, 0.1) is 5.69 Å². The summed E-state index contributed by atoms with van der Waals surface area (Å²) in [5.41, 5.74) is 0.658. The second-order valence-electron chi connectivity index (χ2n) is 6.13. The number of nitrogens with zero attached hydrogens (tertiary/aromatic N) is 2. The molecule has 1 N–H and O–H groups in total. The maximum Gasteiger partial charge on any atom is 0.247 e. The molecule has 1 unspecified atom stereocenters. The first-order valence-corrected chi connectivity index (χ1v) is 7.29. The lowest BCUT2D eigenvalue weighted by Gasteiger charge is -2.47. The molecule has 1 aliphatic rings. The van der Waals surface area contributed by atoms with Crippen LogP contribution in [0.2, 0.25) is 0 Å². The maximum absolute atomic E-state index is 14.5. The van der Waals surface area contributed by atoms with Crippen LogP contribution in [0.1, 0.15) is 32.4 Å². The molecule has 1 heterocycles. The van der Waals surface area contributed by atoms with E-state index in [1.54, 1.807) is 18.0 Å². The molecule has 1 atom stereocenters. The van der Waals surface area contributed by atoms with E-state index >= 15 is 0 Å². The molecule has 1 fully saturated rings. The van der Waals surface area contributed by atoms with Crippen molar-refractivity contribution in [1.82, 2.24) is 10.2 Å². The van der Waals surface area contributed by atoms with Crippen molar-refractivity contribution in [2.24, 2.45) is 0 Å². The highest BCUT2D eigenvalue weighted by molar-refractivity contribution is 5.90. The van der Waals surface area contributed by atoms with Gasteiger partial charge in [-0.1, -0.05) is 12.1 Å². The molecule has 5 heteroatoms. The number of carbonyl (C=O) groups is 1. The summed E-state index contributed by atoms with van der Waals surface area (Å²) in [6.07, 6.45) is 0. The van der Waals surface area contributed by atoms with Gasteiger partial charge in [-0.05, 0) is 39.4 Å². The monoisotopic (exact) mass is 293 g/mol. The minimum Gasteiger partial charge on any atom is -0.353 e. The highest BCUT2D eigenvalue weighted by Gasteiger charge is 2.42. The standard InChI is InChI=1S/C16H24FN3O/c1-11(18-4)12-7-6-8-13(17)14(12)20-10-9-19(5)15(21)16(20,2)3/h6-8,11,18H,9-10H2,1-5H3. The quantitative estimate of drug-likeness (QED) is 0.927. The number of hydrogen-bond donors (Lipinski definition) is 1. The SMILES string of the molecule is CNC(C)c1cccc(F)c1N1CCN(C)C(=O)C1(C)C. The fourth-order valence-electron chi connectivity index (χ4n) is 2.93. The third-order valence-corrected chi connectivity index (χ3v) is 4.39. The fourth-order valence-corrected chi connectivity index (χ4v) is 2.93. The van der Waals surface area contributed by atoms with Crippen molar-refractivity contribution in [3.8, 4) is 0 Å². The van der Waals surface area contributed by atoms with Gasteiger partial charge in [0.15, 0.2) is 0 Å². The van der Waals surface area contributed by atoms with Crippen LogP contribution in [0.4, 0.5) is 10.1 Å². The molecular weight excluding hydrogens is 269 g/mol. The number of rotatable bonds is 3. The van der Waals surface area contributed by atoms with Gasteiger partial charge in [0, 0.05) is 26.2 Å². The minimum atomic E-state index is -0.753. The molecule has 1 saturated heterocycles. The summed E-state index contributed by atoms with van der Waals surface area (Å²) in [5, 5.41) is 3.15. The summed E-state index contributed by atoms with van der Waals surface area (Å²) in [6, 6.07) is 5.10. The largest absolute Gasteiger partial charge is 0.353 e. The molecule has 0 bridgehead atoms. The van der Waals surface area contributed by atoms with Crippen LogP contribution in [0.5, 0.6) is 0 Å². The molecule has 2 rings (SSSR count). The molecule has 1 aromatic carbocycles. The number of carbonyl (C=O) groups excluding carboxylic acids is 1. The Morgan fingerprint density at radius 1 is 1.33 bits per heavy atom. The van der Waals surface area contributed by atoms with E-state index < -0.39 is 5.54 Å².